The smallest absolute Gasteiger partial charge is 0.235 e. The molecule has 0 spiro atoms. The van der Waals surface area contributed by atoms with Crippen LogP contribution in [0.2, 0.25) is 5.15 Å². The van der Waals surface area contributed by atoms with Crippen molar-refractivity contribution < 1.29 is 9.53 Å². The fourth-order valence-electron chi connectivity index (χ4n) is 2.84. The number of amides is 1. The van der Waals surface area contributed by atoms with Gasteiger partial charge in [0.1, 0.15) is 5.15 Å². The minimum Gasteiger partial charge on any atom is -0.381 e. The molecule has 1 saturated heterocycles. The maximum absolute atomic E-state index is 13.0. The summed E-state index contributed by atoms with van der Waals surface area (Å²) in [5, 5.41) is 3.37. The highest BCUT2D eigenvalue weighted by Gasteiger charge is 2.41. The van der Waals surface area contributed by atoms with Gasteiger partial charge in [-0.1, -0.05) is 39.7 Å². The Hall–Kier alpha value is -1.43. The van der Waals surface area contributed by atoms with Gasteiger partial charge in [0.25, 0.3) is 0 Å². The first-order valence-electron chi connectivity index (χ1n) is 7.37. The lowest BCUT2D eigenvalue weighted by molar-refractivity contribution is -0.125. The summed E-state index contributed by atoms with van der Waals surface area (Å²) in [5.41, 5.74) is 1.06. The van der Waals surface area contributed by atoms with Crippen molar-refractivity contribution in [3.8, 4) is 0 Å². The summed E-state index contributed by atoms with van der Waals surface area (Å²) < 4.78 is 6.46. The first-order chi connectivity index (χ1) is 11.1. The van der Waals surface area contributed by atoms with Crippen LogP contribution in [0, 0.1) is 0 Å². The van der Waals surface area contributed by atoms with Crippen LogP contribution in [0.1, 0.15) is 18.4 Å². The molecule has 1 aliphatic rings. The number of aromatic nitrogens is 1. The third kappa shape index (κ3) is 3.57. The van der Waals surface area contributed by atoms with Gasteiger partial charge in [-0.25, -0.2) is 4.98 Å². The summed E-state index contributed by atoms with van der Waals surface area (Å²) >= 11 is 9.23. The van der Waals surface area contributed by atoms with Gasteiger partial charge in [-0.05, 0) is 42.7 Å². The molecule has 0 radical (unpaired) electrons. The maximum Gasteiger partial charge on any atom is 0.235 e. The lowest BCUT2D eigenvalue weighted by atomic mass is 9.73. The number of hydrogen-bond acceptors (Lipinski definition) is 3. The summed E-state index contributed by atoms with van der Waals surface area (Å²) in [5.74, 6) is -0.0350. The lowest BCUT2D eigenvalue weighted by Crippen LogP contribution is -2.44. The monoisotopic (exact) mass is 394 g/mol. The van der Waals surface area contributed by atoms with Crippen molar-refractivity contribution in [3.63, 3.8) is 0 Å². The maximum atomic E-state index is 13.0. The van der Waals surface area contributed by atoms with Crippen LogP contribution >= 0.6 is 27.5 Å². The van der Waals surface area contributed by atoms with Crippen LogP contribution in [-0.4, -0.2) is 24.1 Å². The van der Waals surface area contributed by atoms with Gasteiger partial charge in [0.2, 0.25) is 5.91 Å². The molecule has 1 amide bonds. The van der Waals surface area contributed by atoms with Crippen LogP contribution in [0.25, 0.3) is 0 Å². The molecule has 1 fully saturated rings. The second kappa shape index (κ2) is 6.99. The molecule has 1 N–H and O–H groups in total. The molecule has 1 aromatic carbocycles. The van der Waals surface area contributed by atoms with E-state index in [0.29, 0.717) is 36.9 Å². The number of nitrogens with one attached hydrogen (secondary N) is 1. The van der Waals surface area contributed by atoms with E-state index in [1.54, 1.807) is 18.3 Å². The minimum atomic E-state index is -0.585. The van der Waals surface area contributed by atoms with Gasteiger partial charge in [-0.3, -0.25) is 4.79 Å². The first kappa shape index (κ1) is 16.4. The zero-order valence-electron chi connectivity index (χ0n) is 12.4. The van der Waals surface area contributed by atoms with E-state index in [-0.39, 0.29) is 5.91 Å². The zero-order valence-corrected chi connectivity index (χ0v) is 14.7. The molecule has 0 atom stereocenters. The largest absolute Gasteiger partial charge is 0.381 e. The van der Waals surface area contributed by atoms with E-state index in [1.807, 2.05) is 24.3 Å². The fourth-order valence-corrected chi connectivity index (χ4v) is 3.21. The second-order valence-corrected chi connectivity index (χ2v) is 6.83. The van der Waals surface area contributed by atoms with E-state index in [1.165, 1.54) is 0 Å². The Morgan fingerprint density at radius 3 is 2.48 bits per heavy atom. The lowest BCUT2D eigenvalue weighted by Gasteiger charge is -2.36. The number of carbonyl (C=O) groups is 1. The summed E-state index contributed by atoms with van der Waals surface area (Å²) in [7, 11) is 0. The average Bonchev–Trinajstić information content (AvgIpc) is 2.58. The number of pyridine rings is 1. The van der Waals surface area contributed by atoms with Crippen molar-refractivity contribution in [2.24, 2.45) is 0 Å². The van der Waals surface area contributed by atoms with Crippen molar-refractivity contribution in [3.05, 3.63) is 57.8 Å². The van der Waals surface area contributed by atoms with Gasteiger partial charge >= 0.3 is 0 Å². The van der Waals surface area contributed by atoms with Crippen LogP contribution in [0.4, 0.5) is 5.69 Å². The predicted molar refractivity (Wildman–Crippen MR) is 93.7 cm³/mol. The molecule has 0 saturated carbocycles. The molecule has 23 heavy (non-hydrogen) atoms. The van der Waals surface area contributed by atoms with Crippen molar-refractivity contribution in [1.29, 1.82) is 0 Å². The van der Waals surface area contributed by atoms with Crippen LogP contribution < -0.4 is 5.32 Å². The summed E-state index contributed by atoms with van der Waals surface area (Å²) in [6.45, 7) is 1.14. The Bertz CT molecular complexity index is 683. The van der Waals surface area contributed by atoms with Gasteiger partial charge in [0.05, 0.1) is 17.3 Å². The molecule has 0 bridgehead atoms. The van der Waals surface area contributed by atoms with E-state index in [4.69, 9.17) is 16.3 Å². The standard InChI is InChI=1S/C17H16BrClN2O2/c18-13-3-1-12(2-4-13)17(7-9-23-10-8-17)16(22)21-14-5-6-15(19)20-11-14/h1-6,11H,7-10H2,(H,21,22). The number of benzene rings is 1. The van der Waals surface area contributed by atoms with Crippen LogP contribution in [0.3, 0.4) is 0 Å². The van der Waals surface area contributed by atoms with Crippen molar-refractivity contribution in [2.45, 2.75) is 18.3 Å². The highest BCUT2D eigenvalue weighted by atomic mass is 79.9. The van der Waals surface area contributed by atoms with E-state index < -0.39 is 5.41 Å². The summed E-state index contributed by atoms with van der Waals surface area (Å²) in [6.07, 6.45) is 2.87. The number of hydrogen-bond donors (Lipinski definition) is 1. The van der Waals surface area contributed by atoms with Gasteiger partial charge in [0, 0.05) is 17.7 Å². The van der Waals surface area contributed by atoms with E-state index >= 15 is 0 Å². The molecule has 120 valence electrons. The Morgan fingerprint density at radius 1 is 1.17 bits per heavy atom. The fraction of sp³-hybridized carbons (Fsp3) is 0.294. The molecule has 6 heteroatoms. The third-order valence-corrected chi connectivity index (χ3v) is 4.92. The first-order valence-corrected chi connectivity index (χ1v) is 8.54. The molecule has 1 aromatic heterocycles. The zero-order chi connectivity index (χ0) is 16.3. The third-order valence-electron chi connectivity index (χ3n) is 4.16. The van der Waals surface area contributed by atoms with Gasteiger partial charge < -0.3 is 10.1 Å². The van der Waals surface area contributed by atoms with Crippen LogP contribution in [0.5, 0.6) is 0 Å². The highest BCUT2D eigenvalue weighted by molar-refractivity contribution is 9.10. The van der Waals surface area contributed by atoms with Gasteiger partial charge in [-0.15, -0.1) is 0 Å². The van der Waals surface area contributed by atoms with Gasteiger partial charge in [-0.2, -0.15) is 0 Å². The van der Waals surface area contributed by atoms with Crippen LogP contribution in [0.15, 0.2) is 47.1 Å². The number of ether oxygens (including phenoxy) is 1. The summed E-state index contributed by atoms with van der Waals surface area (Å²) in [4.78, 5) is 17.0. The molecule has 2 heterocycles. The molecular weight excluding hydrogens is 380 g/mol. The van der Waals surface area contributed by atoms with Crippen molar-refractivity contribution in [2.75, 3.05) is 18.5 Å². The van der Waals surface area contributed by atoms with E-state index in [9.17, 15) is 4.79 Å². The normalized spacial score (nSPS) is 16.8. The molecule has 2 aromatic rings. The summed E-state index contributed by atoms with van der Waals surface area (Å²) in [6, 6.07) is 11.3. The molecular formula is C17H16BrClN2O2. The molecule has 4 nitrogen and oxygen atoms in total. The molecule has 0 unspecified atom stereocenters. The molecule has 3 rings (SSSR count). The number of rotatable bonds is 3. The van der Waals surface area contributed by atoms with E-state index in [2.05, 4.69) is 26.2 Å². The molecule has 0 aliphatic carbocycles. The second-order valence-electron chi connectivity index (χ2n) is 5.53. The number of carbonyl (C=O) groups excluding carboxylic acids is 1. The average molecular weight is 396 g/mol. The SMILES string of the molecule is O=C(Nc1ccc(Cl)nc1)C1(c2ccc(Br)cc2)CCOCC1. The Morgan fingerprint density at radius 2 is 1.87 bits per heavy atom. The topological polar surface area (TPSA) is 51.2 Å². The van der Waals surface area contributed by atoms with E-state index in [0.717, 1.165) is 10.0 Å². The number of halogens is 2. The van der Waals surface area contributed by atoms with Gasteiger partial charge in [0.15, 0.2) is 0 Å². The Labute approximate surface area is 148 Å². The van der Waals surface area contributed by atoms with Crippen molar-refractivity contribution >= 4 is 39.1 Å². The number of nitrogens with zero attached hydrogens (tertiary/aromatic N) is 1. The van der Waals surface area contributed by atoms with Crippen molar-refractivity contribution in [1.82, 2.24) is 4.98 Å². The minimum absolute atomic E-state index is 0.0350. The Kier molecular flexibility index (Phi) is 4.99. The predicted octanol–water partition coefficient (Wildman–Crippen LogP) is 4.18. The number of anilines is 1. The Balaban J connectivity index is 1.90. The molecule has 1 aliphatic heterocycles. The van der Waals surface area contributed by atoms with Crippen LogP contribution in [-0.2, 0) is 14.9 Å². The highest BCUT2D eigenvalue weighted by Crippen LogP contribution is 2.36. The quantitative estimate of drug-likeness (QED) is 0.793.